The highest BCUT2D eigenvalue weighted by atomic mass is 32.1. The largest absolute Gasteiger partial charge is 0.459 e. The number of methoxy groups -OCH3 is 2. The zero-order valence-electron chi connectivity index (χ0n) is 46.0. The second-order valence-corrected chi connectivity index (χ2v) is 23.4. The average molecular weight is 1060 g/mol. The lowest BCUT2D eigenvalue weighted by Crippen LogP contribution is -2.59. The fourth-order valence-corrected chi connectivity index (χ4v) is 12.8. The molecule has 17 nitrogen and oxygen atoms in total. The Morgan fingerprint density at radius 1 is 1.05 bits per heavy atom. The molecule has 18 atom stereocenters. The Balaban J connectivity index is 1.25. The predicted molar refractivity (Wildman–Crippen MR) is 283 cm³/mol. The number of cyclic esters (lactones) is 1. The standard InChI is InChI=1S/C55H86FN7O10S/c1-15-45-54(10,66)49(64)37(8)62(12)30-32(3)25-55(67,16-2)50(35(6)47(36(7)51(65)72-45)43-27-53(9,69-14)26-34(5)70-43)73-46-24-41(23-33(4)71-46)61(11)22-21-40-31-63(60-59-40)42(28-56)48(68-13)39-19-17-38(18-20-39)44-29-58-52(57)74-44/h2,17-20,29,31-37,41-43,45-50,64,66-67H,15,21-28,30H2,1,3-14H3,(H2,57,58)/t32-,33-,34+,35+,36-,37-,41+,42-,43?,45-,46+,47+,48-,49-,50-,53+,54-,55-/m1/s1. The Morgan fingerprint density at radius 2 is 1.76 bits per heavy atom. The van der Waals surface area contributed by atoms with Gasteiger partial charge in [-0.05, 0) is 90.9 Å². The molecule has 3 saturated heterocycles. The molecule has 6 rings (SSSR count). The Bertz CT molecular complexity index is 2300. The van der Waals surface area contributed by atoms with Crippen LogP contribution in [0.2, 0.25) is 0 Å². The Hall–Kier alpha value is -3.65. The Labute approximate surface area is 442 Å². The molecule has 0 aliphatic carbocycles. The number of rotatable bonds is 15. The molecule has 0 bridgehead atoms. The zero-order chi connectivity index (χ0) is 54.4. The van der Waals surface area contributed by atoms with E-state index in [0.717, 1.165) is 16.0 Å². The van der Waals surface area contributed by atoms with Gasteiger partial charge >= 0.3 is 5.97 Å². The maximum Gasteiger partial charge on any atom is 0.309 e. The highest BCUT2D eigenvalue weighted by Crippen LogP contribution is 2.45. The molecule has 3 aromatic rings. The van der Waals surface area contributed by atoms with E-state index in [4.69, 9.17) is 40.6 Å². The molecular formula is C55H86FN7O10S. The number of hydrogen-bond donors (Lipinski definition) is 4. The van der Waals surface area contributed by atoms with Crippen molar-refractivity contribution in [3.8, 4) is 22.8 Å². The summed E-state index contributed by atoms with van der Waals surface area (Å²) in [6, 6.07) is 6.37. The molecule has 3 aliphatic rings. The number of anilines is 1. The summed E-state index contributed by atoms with van der Waals surface area (Å²) < 4.78 is 55.1. The van der Waals surface area contributed by atoms with Gasteiger partial charge < -0.3 is 59.3 Å². The fourth-order valence-electron chi connectivity index (χ4n) is 12.2. The van der Waals surface area contributed by atoms with Crippen LogP contribution in [0.4, 0.5) is 9.52 Å². The second kappa shape index (κ2) is 25.2. The van der Waals surface area contributed by atoms with Gasteiger partial charge in [0.05, 0.1) is 40.4 Å². The Morgan fingerprint density at radius 3 is 2.36 bits per heavy atom. The monoisotopic (exact) mass is 1060 g/mol. The third-order valence-electron chi connectivity index (χ3n) is 16.5. The molecule has 2 aromatic heterocycles. The second-order valence-electron chi connectivity index (χ2n) is 22.4. The molecule has 3 fully saturated rings. The number of esters is 1. The van der Waals surface area contributed by atoms with E-state index in [2.05, 4.69) is 26.1 Å². The van der Waals surface area contributed by atoms with Crippen molar-refractivity contribution < 1.29 is 52.9 Å². The van der Waals surface area contributed by atoms with Crippen molar-refractivity contribution in [2.24, 2.45) is 23.7 Å². The van der Waals surface area contributed by atoms with Crippen LogP contribution in [0.25, 0.3) is 10.4 Å². The van der Waals surface area contributed by atoms with Crippen LogP contribution in [0.3, 0.4) is 0 Å². The van der Waals surface area contributed by atoms with Crippen molar-refractivity contribution in [1.29, 1.82) is 0 Å². The van der Waals surface area contributed by atoms with E-state index < -0.39 is 96.1 Å². The molecule has 0 spiro atoms. The number of alkyl halides is 1. The van der Waals surface area contributed by atoms with E-state index in [-0.39, 0.29) is 37.0 Å². The number of likely N-dealkylation sites (N-methyl/N-ethyl adjacent to an activating group) is 2. The lowest BCUT2D eigenvalue weighted by Gasteiger charge is -2.49. The van der Waals surface area contributed by atoms with Gasteiger partial charge in [0.15, 0.2) is 17.0 Å². The molecular weight excluding hydrogens is 970 g/mol. The van der Waals surface area contributed by atoms with Crippen molar-refractivity contribution >= 4 is 22.4 Å². The molecule has 0 amide bonds. The molecule has 5 heterocycles. The van der Waals surface area contributed by atoms with Gasteiger partial charge in [0.25, 0.3) is 0 Å². The summed E-state index contributed by atoms with van der Waals surface area (Å²) in [7, 11) is 7.12. The van der Waals surface area contributed by atoms with Crippen molar-refractivity contribution in [2.75, 3.05) is 53.8 Å². The first-order chi connectivity index (χ1) is 34.9. The number of aromatic nitrogens is 4. The van der Waals surface area contributed by atoms with E-state index in [0.29, 0.717) is 56.0 Å². The topological polar surface area (TPSA) is 209 Å². The first-order valence-electron chi connectivity index (χ1n) is 26.4. The SMILES string of the molecule is C#C[C@@]1(O)C[C@@H](C)CN(C)[C@H](C)[C@@H](O)[C@](C)(O)[C@@H](CC)OC(=O)[C@H](C)[C@@H](C2C[C@@](C)(OC)C[C@H](C)O2)[C@H](C)[C@H]1O[C@H]1C[C@@H](N(C)CCc2cn([C@H](CF)[C@H](OC)c3ccc(-c4cnc(N)s4)cc3)nn2)C[C@@H](C)O1. The molecule has 3 aliphatic heterocycles. The smallest absolute Gasteiger partial charge is 0.309 e. The number of carbonyl (C=O) groups excluding carboxylic acids is 1. The third kappa shape index (κ3) is 13.7. The lowest BCUT2D eigenvalue weighted by molar-refractivity contribution is -0.265. The predicted octanol–water partition coefficient (Wildman–Crippen LogP) is 6.65. The number of ether oxygens (including phenoxy) is 6. The molecule has 19 heteroatoms. The van der Waals surface area contributed by atoms with Gasteiger partial charge in [-0.3, -0.25) is 4.79 Å². The van der Waals surface area contributed by atoms with Gasteiger partial charge in [-0.1, -0.05) is 74.4 Å². The van der Waals surface area contributed by atoms with Crippen LogP contribution < -0.4 is 5.73 Å². The first kappa shape index (κ1) is 59.6. The van der Waals surface area contributed by atoms with Crippen molar-refractivity contribution in [1.82, 2.24) is 29.8 Å². The summed E-state index contributed by atoms with van der Waals surface area (Å²) in [5.41, 5.74) is 4.04. The van der Waals surface area contributed by atoms with Gasteiger partial charge in [-0.15, -0.1) is 11.5 Å². The summed E-state index contributed by atoms with van der Waals surface area (Å²) in [6.07, 6.45) is 7.18. The van der Waals surface area contributed by atoms with E-state index in [1.165, 1.54) is 18.3 Å². The van der Waals surface area contributed by atoms with E-state index in [1.54, 1.807) is 38.2 Å². The number of benzene rings is 1. The van der Waals surface area contributed by atoms with E-state index in [1.807, 2.05) is 91.7 Å². The molecule has 0 radical (unpaired) electrons. The summed E-state index contributed by atoms with van der Waals surface area (Å²) in [5.74, 6) is -0.171. The molecule has 5 N–H and O–H groups in total. The molecule has 414 valence electrons. The van der Waals surface area contributed by atoms with Crippen LogP contribution in [0, 0.1) is 36.0 Å². The van der Waals surface area contributed by atoms with Gasteiger partial charge in [-0.25, -0.2) is 14.1 Å². The molecule has 74 heavy (non-hydrogen) atoms. The number of terminal acetylenes is 1. The highest BCUT2D eigenvalue weighted by molar-refractivity contribution is 7.18. The Kier molecular flexibility index (Phi) is 20.3. The van der Waals surface area contributed by atoms with Crippen LogP contribution in [-0.4, -0.2) is 171 Å². The van der Waals surface area contributed by atoms with E-state index >= 15 is 0 Å². The van der Waals surface area contributed by atoms with Crippen LogP contribution in [0.5, 0.6) is 0 Å². The molecule has 1 unspecified atom stereocenters. The fraction of sp³-hybridized carbons (Fsp3) is 0.745. The van der Waals surface area contributed by atoms with Gasteiger partial charge in [0.2, 0.25) is 0 Å². The van der Waals surface area contributed by atoms with Gasteiger partial charge in [0.1, 0.15) is 42.7 Å². The molecule has 0 saturated carbocycles. The summed E-state index contributed by atoms with van der Waals surface area (Å²) in [4.78, 5) is 23.9. The van der Waals surface area contributed by atoms with Crippen LogP contribution in [0.15, 0.2) is 36.7 Å². The number of hydrogen-bond acceptors (Lipinski definition) is 17. The van der Waals surface area contributed by atoms with Crippen molar-refractivity contribution in [3.05, 3.63) is 47.9 Å². The number of nitrogens with zero attached hydrogens (tertiary/aromatic N) is 6. The maximum atomic E-state index is 14.9. The maximum absolute atomic E-state index is 14.9. The van der Waals surface area contributed by atoms with Crippen molar-refractivity contribution in [2.45, 2.75) is 191 Å². The minimum absolute atomic E-state index is 0.0231. The number of thiazole rings is 1. The number of nitrogen functional groups attached to an aromatic ring is 1. The number of carbonyl (C=O) groups is 1. The van der Waals surface area contributed by atoms with Gasteiger partial charge in [0, 0.05) is 83.4 Å². The van der Waals surface area contributed by atoms with E-state index in [9.17, 15) is 24.5 Å². The van der Waals surface area contributed by atoms with Crippen LogP contribution in [-0.2, 0) is 39.6 Å². The number of aliphatic hydroxyl groups is 3. The van der Waals surface area contributed by atoms with Crippen LogP contribution >= 0.6 is 11.3 Å². The minimum atomic E-state index is -1.87. The number of nitrogens with two attached hydrogens (primary N) is 1. The average Bonchev–Trinajstić information content (AvgIpc) is 4.03. The van der Waals surface area contributed by atoms with Gasteiger partial charge in [-0.2, -0.15) is 0 Å². The zero-order valence-corrected chi connectivity index (χ0v) is 46.8. The quantitative estimate of drug-likeness (QED) is 0.0928. The summed E-state index contributed by atoms with van der Waals surface area (Å²) in [5, 5.41) is 46.0. The summed E-state index contributed by atoms with van der Waals surface area (Å²) in [6.45, 7) is 17.2. The lowest BCUT2D eigenvalue weighted by atomic mass is 9.68. The minimum Gasteiger partial charge on any atom is -0.459 e. The third-order valence-corrected chi connectivity index (χ3v) is 17.4. The van der Waals surface area contributed by atoms with Crippen LogP contribution in [0.1, 0.15) is 124 Å². The van der Waals surface area contributed by atoms with Crippen molar-refractivity contribution in [3.63, 3.8) is 0 Å². The first-order valence-corrected chi connectivity index (χ1v) is 27.3. The number of aliphatic hydroxyl groups excluding tert-OH is 1. The molecule has 1 aromatic carbocycles. The highest BCUT2D eigenvalue weighted by Gasteiger charge is 2.53. The summed E-state index contributed by atoms with van der Waals surface area (Å²) >= 11 is 1.39. The normalized spacial score (nSPS) is 37.1. The number of halogens is 1.